The molecular formula is C98H60N6O2. The maximum atomic E-state index is 6.84. The van der Waals surface area contributed by atoms with Gasteiger partial charge in [0.1, 0.15) is 22.3 Å². The number of hydrogen-bond donors (Lipinski definition) is 0. The Kier molecular flexibility index (Phi) is 15.0. The van der Waals surface area contributed by atoms with Crippen LogP contribution in [-0.2, 0) is 0 Å². The van der Waals surface area contributed by atoms with E-state index in [2.05, 4.69) is 285 Å². The van der Waals surface area contributed by atoms with Gasteiger partial charge < -0.3 is 8.83 Å². The summed E-state index contributed by atoms with van der Waals surface area (Å²) in [5.74, 6) is 3.59. The Labute approximate surface area is 610 Å². The topological polar surface area (TPSA) is 104 Å². The number of benzene rings is 16. The quantitative estimate of drug-likeness (QED) is 0.112. The SMILES string of the molecule is c1ccc(-c2cccc(-c3cccc(-c4nc(-c5ccccc5)nc(-c5cccc(-c6cccc7c6ccc6c8cc(-c9cccc(-c%10ccc(-c%11cccc(-c%12nc(-c%13ccccc%13)nc(-c%13cccc(-c%14cccc%15c%14ccc%14c%16ccccc%16oc%15%14)c%13)n%12)c%11)cc%10)c9)ccc8oc76)c5)n4)c3)c2)cc1. The molecule has 8 heteroatoms. The van der Waals surface area contributed by atoms with Gasteiger partial charge in [0.05, 0.1) is 0 Å². The molecule has 494 valence electrons. The van der Waals surface area contributed by atoms with Crippen molar-refractivity contribution in [3.05, 3.63) is 364 Å². The summed E-state index contributed by atoms with van der Waals surface area (Å²) in [6, 6.07) is 127. The first-order chi connectivity index (χ1) is 52.5. The summed E-state index contributed by atoms with van der Waals surface area (Å²) < 4.78 is 13.3. The van der Waals surface area contributed by atoms with Gasteiger partial charge in [-0.25, -0.2) is 29.9 Å². The Balaban J connectivity index is 0.577. The number of para-hydroxylation sites is 1. The lowest BCUT2D eigenvalue weighted by atomic mass is 9.94. The van der Waals surface area contributed by atoms with Crippen molar-refractivity contribution in [3.8, 4) is 146 Å². The molecule has 4 aromatic heterocycles. The van der Waals surface area contributed by atoms with Crippen molar-refractivity contribution in [2.24, 2.45) is 0 Å². The Morgan fingerprint density at radius 1 is 0.142 bits per heavy atom. The van der Waals surface area contributed by atoms with E-state index in [-0.39, 0.29) is 0 Å². The highest BCUT2D eigenvalue weighted by atomic mass is 16.3. The minimum atomic E-state index is 0.592. The van der Waals surface area contributed by atoms with Crippen molar-refractivity contribution in [2.45, 2.75) is 0 Å². The maximum Gasteiger partial charge on any atom is 0.164 e. The Morgan fingerprint density at radius 2 is 0.396 bits per heavy atom. The zero-order valence-electron chi connectivity index (χ0n) is 57.1. The molecule has 0 saturated heterocycles. The van der Waals surface area contributed by atoms with Crippen LogP contribution in [0.25, 0.3) is 212 Å². The third kappa shape index (κ3) is 11.3. The molecule has 20 rings (SSSR count). The second kappa shape index (κ2) is 25.9. The van der Waals surface area contributed by atoms with Crippen molar-refractivity contribution >= 4 is 65.4 Å². The van der Waals surface area contributed by atoms with E-state index in [1.54, 1.807) is 0 Å². The maximum absolute atomic E-state index is 6.84. The average Bonchev–Trinajstić information content (AvgIpc) is 1.57. The molecular weight excluding hydrogens is 1290 g/mol. The van der Waals surface area contributed by atoms with Gasteiger partial charge in [-0.1, -0.05) is 297 Å². The summed E-state index contributed by atoms with van der Waals surface area (Å²) in [7, 11) is 0. The van der Waals surface area contributed by atoms with Crippen LogP contribution in [-0.4, -0.2) is 29.9 Å². The molecule has 0 aliphatic rings. The fraction of sp³-hybridized carbons (Fsp3) is 0. The van der Waals surface area contributed by atoms with Crippen molar-refractivity contribution < 1.29 is 8.83 Å². The molecule has 16 aromatic carbocycles. The van der Waals surface area contributed by atoms with Crippen molar-refractivity contribution in [3.63, 3.8) is 0 Å². The Hall–Kier alpha value is -14.3. The normalized spacial score (nSPS) is 11.6. The number of nitrogens with zero attached hydrogens (tertiary/aromatic N) is 6. The first-order valence-corrected chi connectivity index (χ1v) is 35.6. The van der Waals surface area contributed by atoms with Crippen molar-refractivity contribution in [1.29, 1.82) is 0 Å². The summed E-state index contributed by atoms with van der Waals surface area (Å²) >= 11 is 0. The van der Waals surface area contributed by atoms with Crippen LogP contribution in [0.1, 0.15) is 0 Å². The first-order valence-electron chi connectivity index (χ1n) is 35.6. The van der Waals surface area contributed by atoms with Crippen LogP contribution in [0.5, 0.6) is 0 Å². The fourth-order valence-electron chi connectivity index (χ4n) is 15.1. The summed E-state index contributed by atoms with van der Waals surface area (Å²) in [4.78, 5) is 31.0. The smallest absolute Gasteiger partial charge is 0.164 e. The monoisotopic (exact) mass is 1350 g/mol. The minimum Gasteiger partial charge on any atom is -0.455 e. The lowest BCUT2D eigenvalue weighted by Crippen LogP contribution is -2.00. The number of aromatic nitrogens is 6. The zero-order chi connectivity index (χ0) is 70.0. The molecule has 4 heterocycles. The van der Waals surface area contributed by atoms with E-state index in [9.17, 15) is 0 Å². The van der Waals surface area contributed by atoms with Crippen molar-refractivity contribution in [2.75, 3.05) is 0 Å². The molecule has 0 saturated carbocycles. The van der Waals surface area contributed by atoms with Gasteiger partial charge in [0.15, 0.2) is 34.9 Å². The van der Waals surface area contributed by atoms with E-state index in [1.807, 2.05) is 78.9 Å². The fourth-order valence-corrected chi connectivity index (χ4v) is 15.1. The van der Waals surface area contributed by atoms with Crippen LogP contribution in [0.15, 0.2) is 373 Å². The van der Waals surface area contributed by atoms with Gasteiger partial charge in [0, 0.05) is 65.7 Å². The van der Waals surface area contributed by atoms with Gasteiger partial charge in [-0.05, 0) is 155 Å². The van der Waals surface area contributed by atoms with E-state index in [0.717, 1.165) is 171 Å². The highest BCUT2D eigenvalue weighted by Gasteiger charge is 2.21. The molecule has 20 aromatic rings. The van der Waals surface area contributed by atoms with Gasteiger partial charge >= 0.3 is 0 Å². The lowest BCUT2D eigenvalue weighted by Gasteiger charge is -2.12. The highest BCUT2D eigenvalue weighted by Crippen LogP contribution is 2.43. The van der Waals surface area contributed by atoms with E-state index in [4.69, 9.17) is 38.7 Å². The molecule has 0 amide bonds. The number of furan rings is 2. The molecule has 106 heavy (non-hydrogen) atoms. The third-order valence-corrected chi connectivity index (χ3v) is 20.4. The molecule has 0 spiro atoms. The van der Waals surface area contributed by atoms with Crippen LogP contribution in [0, 0.1) is 0 Å². The van der Waals surface area contributed by atoms with Crippen molar-refractivity contribution in [1.82, 2.24) is 29.9 Å². The molecule has 0 fully saturated rings. The van der Waals surface area contributed by atoms with Crippen LogP contribution >= 0.6 is 0 Å². The van der Waals surface area contributed by atoms with Crippen LogP contribution in [0.3, 0.4) is 0 Å². The molecule has 0 aliphatic heterocycles. The standard InChI is InChI=1S/C98H60N6O2/c1-4-20-61(21-5-1)66-26-12-29-69(54-66)71-31-15-35-76(57-71)96-100-94(65-24-8-3-9-25-65)102-98(104-96)78-37-17-33-74(59-78)80-40-19-42-85-82(80)50-52-87-88-60-72(48-53-90(88)106-92(85)87)70-30-13-27-67(55-70)62-44-46-63(47-45-62)68-28-14-34-75(56-68)95-99-93(64-22-6-2-7-23-64)101-97(103-95)77-36-16-32-73(58-77)79-39-18-41-84-81(79)49-51-86-83-38-10-11-43-89(83)105-91(84)86/h1-60H. The zero-order valence-corrected chi connectivity index (χ0v) is 57.1. The molecule has 8 nitrogen and oxygen atoms in total. The summed E-state index contributed by atoms with van der Waals surface area (Å²) in [6.07, 6.45) is 0. The number of hydrogen-bond acceptors (Lipinski definition) is 8. The molecule has 0 bridgehead atoms. The average molecular weight is 1350 g/mol. The van der Waals surface area contributed by atoms with Gasteiger partial charge in [-0.15, -0.1) is 0 Å². The lowest BCUT2D eigenvalue weighted by molar-refractivity contribution is 0.672. The summed E-state index contributed by atoms with van der Waals surface area (Å²) in [5.41, 5.74) is 24.3. The third-order valence-electron chi connectivity index (χ3n) is 20.4. The summed E-state index contributed by atoms with van der Waals surface area (Å²) in [5, 5.41) is 8.66. The summed E-state index contributed by atoms with van der Waals surface area (Å²) in [6.45, 7) is 0. The van der Waals surface area contributed by atoms with E-state index in [0.29, 0.717) is 34.9 Å². The Bertz CT molecular complexity index is 6830. The van der Waals surface area contributed by atoms with E-state index in [1.165, 1.54) is 5.56 Å². The minimum absolute atomic E-state index is 0.592. The van der Waals surface area contributed by atoms with Crippen LogP contribution < -0.4 is 0 Å². The van der Waals surface area contributed by atoms with Gasteiger partial charge in [-0.2, -0.15) is 0 Å². The molecule has 0 N–H and O–H groups in total. The Morgan fingerprint density at radius 3 is 0.830 bits per heavy atom. The largest absolute Gasteiger partial charge is 0.455 e. The second-order valence-corrected chi connectivity index (χ2v) is 26.9. The highest BCUT2D eigenvalue weighted by molar-refractivity contribution is 6.19. The predicted octanol–water partition coefficient (Wildman–Crippen LogP) is 25.8. The van der Waals surface area contributed by atoms with Gasteiger partial charge in [0.2, 0.25) is 0 Å². The molecule has 0 unspecified atom stereocenters. The second-order valence-electron chi connectivity index (χ2n) is 26.9. The van der Waals surface area contributed by atoms with E-state index >= 15 is 0 Å². The van der Waals surface area contributed by atoms with Gasteiger partial charge in [0.25, 0.3) is 0 Å². The van der Waals surface area contributed by atoms with Crippen LogP contribution in [0.4, 0.5) is 0 Å². The van der Waals surface area contributed by atoms with Crippen LogP contribution in [0.2, 0.25) is 0 Å². The molecule has 0 atom stereocenters. The molecule has 0 radical (unpaired) electrons. The first kappa shape index (κ1) is 61.5. The molecule has 0 aliphatic carbocycles. The number of fused-ring (bicyclic) bond motifs is 10. The van der Waals surface area contributed by atoms with Gasteiger partial charge in [-0.3, -0.25) is 0 Å². The number of rotatable bonds is 13. The predicted molar refractivity (Wildman–Crippen MR) is 433 cm³/mol. The van der Waals surface area contributed by atoms with E-state index < -0.39 is 0 Å².